The largest absolute Gasteiger partial charge is 0.497 e. The first-order chi connectivity index (χ1) is 14.5. The molecule has 3 aromatic rings. The normalized spacial score (nSPS) is 16.3. The van der Waals surface area contributed by atoms with E-state index >= 15 is 0 Å². The molecule has 154 valence electrons. The fourth-order valence-electron chi connectivity index (χ4n) is 3.55. The summed E-state index contributed by atoms with van der Waals surface area (Å²) in [6, 6.07) is 13.1. The van der Waals surface area contributed by atoms with Gasteiger partial charge in [0.1, 0.15) is 5.75 Å². The minimum absolute atomic E-state index is 0.0426. The molecule has 1 aliphatic rings. The molecular formula is C21H20N4O5. The van der Waals surface area contributed by atoms with Gasteiger partial charge in [0, 0.05) is 36.3 Å². The Hall–Kier alpha value is -3.75. The number of nitro groups is 1. The third-order valence-electron chi connectivity index (χ3n) is 5.15. The summed E-state index contributed by atoms with van der Waals surface area (Å²) in [5, 5.41) is 14.9. The molecule has 2 aromatic carbocycles. The zero-order valence-corrected chi connectivity index (χ0v) is 16.4. The zero-order valence-electron chi connectivity index (χ0n) is 16.4. The summed E-state index contributed by atoms with van der Waals surface area (Å²) in [6.45, 7) is 1.07. The van der Waals surface area contributed by atoms with Crippen LogP contribution < -0.4 is 4.74 Å². The van der Waals surface area contributed by atoms with Gasteiger partial charge in [-0.15, -0.1) is 0 Å². The van der Waals surface area contributed by atoms with Crippen LogP contribution in [0, 0.1) is 10.1 Å². The van der Waals surface area contributed by atoms with Crippen molar-refractivity contribution in [3.05, 3.63) is 70.1 Å². The predicted octanol–water partition coefficient (Wildman–Crippen LogP) is 3.67. The monoisotopic (exact) mass is 408 g/mol. The van der Waals surface area contributed by atoms with Gasteiger partial charge in [-0.2, -0.15) is 4.98 Å². The van der Waals surface area contributed by atoms with Crippen LogP contribution in [0.25, 0.3) is 11.4 Å². The number of benzene rings is 2. The number of hydrogen-bond acceptors (Lipinski definition) is 7. The van der Waals surface area contributed by atoms with Gasteiger partial charge < -0.3 is 14.2 Å². The molecule has 0 saturated carbocycles. The number of nitro benzene ring substituents is 1. The van der Waals surface area contributed by atoms with Gasteiger partial charge in [-0.1, -0.05) is 17.3 Å². The molecule has 1 aromatic heterocycles. The maximum absolute atomic E-state index is 12.8. The van der Waals surface area contributed by atoms with Crippen LogP contribution in [0.4, 0.5) is 5.69 Å². The van der Waals surface area contributed by atoms with E-state index in [-0.39, 0.29) is 17.5 Å². The Labute approximate surface area is 172 Å². The summed E-state index contributed by atoms with van der Waals surface area (Å²) < 4.78 is 10.7. The lowest BCUT2D eigenvalue weighted by atomic mass is 9.97. The Morgan fingerprint density at radius 3 is 2.80 bits per heavy atom. The maximum atomic E-state index is 12.8. The van der Waals surface area contributed by atoms with Crippen molar-refractivity contribution in [2.24, 2.45) is 0 Å². The topological polar surface area (TPSA) is 112 Å². The van der Waals surface area contributed by atoms with Gasteiger partial charge in [-0.05, 0) is 37.1 Å². The number of methoxy groups -OCH3 is 1. The first-order valence-electron chi connectivity index (χ1n) is 9.57. The molecule has 0 aliphatic carbocycles. The Bertz CT molecular complexity index is 1060. The van der Waals surface area contributed by atoms with Crippen molar-refractivity contribution < 1.29 is 19.0 Å². The molecular weight excluding hydrogens is 388 g/mol. The van der Waals surface area contributed by atoms with Crippen LogP contribution in [0.2, 0.25) is 0 Å². The number of ether oxygens (including phenoxy) is 1. The molecule has 4 rings (SSSR count). The van der Waals surface area contributed by atoms with Crippen molar-refractivity contribution in [3.8, 4) is 17.1 Å². The van der Waals surface area contributed by atoms with Crippen molar-refractivity contribution >= 4 is 11.6 Å². The van der Waals surface area contributed by atoms with Crippen molar-refractivity contribution in [1.29, 1.82) is 0 Å². The van der Waals surface area contributed by atoms with Gasteiger partial charge >= 0.3 is 0 Å². The van der Waals surface area contributed by atoms with E-state index in [2.05, 4.69) is 10.1 Å². The molecule has 1 amide bonds. The van der Waals surface area contributed by atoms with E-state index in [1.54, 1.807) is 12.0 Å². The summed E-state index contributed by atoms with van der Waals surface area (Å²) in [4.78, 5) is 29.4. The Morgan fingerprint density at radius 2 is 2.07 bits per heavy atom. The lowest BCUT2D eigenvalue weighted by Gasteiger charge is -2.31. The fourth-order valence-corrected chi connectivity index (χ4v) is 3.55. The Morgan fingerprint density at radius 1 is 1.27 bits per heavy atom. The molecule has 1 atom stereocenters. The quantitative estimate of drug-likeness (QED) is 0.468. The lowest BCUT2D eigenvalue weighted by molar-refractivity contribution is -0.384. The van der Waals surface area contributed by atoms with E-state index < -0.39 is 4.92 Å². The minimum Gasteiger partial charge on any atom is -0.497 e. The molecule has 9 nitrogen and oxygen atoms in total. The maximum Gasteiger partial charge on any atom is 0.269 e. The highest BCUT2D eigenvalue weighted by molar-refractivity contribution is 5.94. The minimum atomic E-state index is -0.485. The molecule has 1 aliphatic heterocycles. The van der Waals surface area contributed by atoms with Crippen LogP contribution >= 0.6 is 0 Å². The molecule has 0 N–H and O–H groups in total. The highest BCUT2D eigenvalue weighted by atomic mass is 16.6. The standard InChI is InChI=1S/C21H20N4O5/c1-29-18-6-2-4-15(12-18)19-22-20(30-23-19)16-5-3-11-24(13-16)21(26)14-7-9-17(10-8-14)25(27)28/h2,4,6-10,12,16H,3,5,11,13H2,1H3. The summed E-state index contributed by atoms with van der Waals surface area (Å²) >= 11 is 0. The van der Waals surface area contributed by atoms with E-state index in [4.69, 9.17) is 9.26 Å². The van der Waals surface area contributed by atoms with Crippen LogP contribution in [0.5, 0.6) is 5.75 Å². The predicted molar refractivity (Wildman–Crippen MR) is 107 cm³/mol. The lowest BCUT2D eigenvalue weighted by Crippen LogP contribution is -2.39. The van der Waals surface area contributed by atoms with Crippen molar-refractivity contribution in [2.45, 2.75) is 18.8 Å². The van der Waals surface area contributed by atoms with Gasteiger partial charge in [0.15, 0.2) is 0 Å². The molecule has 0 radical (unpaired) electrons. The first-order valence-corrected chi connectivity index (χ1v) is 9.57. The van der Waals surface area contributed by atoms with E-state index in [1.165, 1.54) is 24.3 Å². The second-order valence-electron chi connectivity index (χ2n) is 7.08. The van der Waals surface area contributed by atoms with Gasteiger partial charge in [-0.25, -0.2) is 0 Å². The second-order valence-corrected chi connectivity index (χ2v) is 7.08. The Kier molecular flexibility index (Phi) is 5.42. The van der Waals surface area contributed by atoms with Crippen LogP contribution in [0.1, 0.15) is 35.0 Å². The molecule has 9 heteroatoms. The molecule has 1 unspecified atom stereocenters. The second kappa shape index (κ2) is 8.32. The van der Waals surface area contributed by atoms with Crippen LogP contribution in [-0.4, -0.2) is 46.1 Å². The number of likely N-dealkylation sites (tertiary alicyclic amines) is 1. The third-order valence-corrected chi connectivity index (χ3v) is 5.15. The van der Waals surface area contributed by atoms with Crippen molar-refractivity contribution in [2.75, 3.05) is 20.2 Å². The smallest absolute Gasteiger partial charge is 0.269 e. The highest BCUT2D eigenvalue weighted by Crippen LogP contribution is 2.29. The third kappa shape index (κ3) is 4.00. The van der Waals surface area contributed by atoms with Gasteiger partial charge in [0.25, 0.3) is 11.6 Å². The molecule has 0 bridgehead atoms. The van der Waals surface area contributed by atoms with E-state index in [1.807, 2.05) is 24.3 Å². The number of carbonyl (C=O) groups excluding carboxylic acids is 1. The van der Waals surface area contributed by atoms with E-state index in [0.717, 1.165) is 18.4 Å². The number of piperidine rings is 1. The number of rotatable bonds is 5. The van der Waals surface area contributed by atoms with Crippen molar-refractivity contribution in [1.82, 2.24) is 15.0 Å². The highest BCUT2D eigenvalue weighted by Gasteiger charge is 2.29. The SMILES string of the molecule is COc1cccc(-c2noc(C3CCCN(C(=O)c4ccc([N+](=O)[O-])cc4)C3)n2)c1. The van der Waals surface area contributed by atoms with Crippen LogP contribution in [-0.2, 0) is 0 Å². The first kappa shape index (κ1) is 19.6. The molecule has 1 fully saturated rings. The number of nitrogens with zero attached hydrogens (tertiary/aromatic N) is 4. The summed E-state index contributed by atoms with van der Waals surface area (Å²) in [7, 11) is 1.60. The van der Waals surface area contributed by atoms with Gasteiger partial charge in [0.05, 0.1) is 18.0 Å². The van der Waals surface area contributed by atoms with Crippen LogP contribution in [0.15, 0.2) is 53.1 Å². The average molecular weight is 408 g/mol. The fraction of sp³-hybridized carbons (Fsp3) is 0.286. The number of non-ortho nitro benzene ring substituents is 1. The number of carbonyl (C=O) groups is 1. The Balaban J connectivity index is 1.48. The van der Waals surface area contributed by atoms with E-state index in [0.29, 0.717) is 36.1 Å². The number of hydrogen-bond donors (Lipinski definition) is 0. The van der Waals surface area contributed by atoms with Crippen molar-refractivity contribution in [3.63, 3.8) is 0 Å². The number of amides is 1. The average Bonchev–Trinajstić information content (AvgIpc) is 3.29. The molecule has 1 saturated heterocycles. The molecule has 30 heavy (non-hydrogen) atoms. The van der Waals surface area contributed by atoms with Gasteiger partial charge in [0.2, 0.25) is 11.7 Å². The van der Waals surface area contributed by atoms with Gasteiger partial charge in [-0.3, -0.25) is 14.9 Å². The summed E-state index contributed by atoms with van der Waals surface area (Å²) in [5.41, 5.74) is 1.17. The summed E-state index contributed by atoms with van der Waals surface area (Å²) in [5.74, 6) is 1.45. The number of aromatic nitrogens is 2. The van der Waals surface area contributed by atoms with E-state index in [9.17, 15) is 14.9 Å². The zero-order chi connectivity index (χ0) is 21.1. The molecule has 0 spiro atoms. The van der Waals surface area contributed by atoms with Crippen LogP contribution in [0.3, 0.4) is 0 Å². The molecule has 2 heterocycles. The summed E-state index contributed by atoms with van der Waals surface area (Å²) in [6.07, 6.45) is 1.64.